The van der Waals surface area contributed by atoms with Crippen molar-refractivity contribution in [2.45, 2.75) is 19.4 Å². The van der Waals surface area contributed by atoms with Crippen molar-refractivity contribution in [3.8, 4) is 5.75 Å². The number of benzene rings is 2. The minimum absolute atomic E-state index is 0.0449. The summed E-state index contributed by atoms with van der Waals surface area (Å²) in [4.78, 5) is 11.8. The largest absolute Gasteiger partial charge is 0.486 e. The number of allylic oxidation sites excluding steroid dienone is 1. The minimum atomic E-state index is -0.613. The summed E-state index contributed by atoms with van der Waals surface area (Å²) in [5.74, 6) is -1.26. The zero-order valence-corrected chi connectivity index (χ0v) is 12.0. The second-order valence-electron chi connectivity index (χ2n) is 4.81. The molecule has 0 aromatic heterocycles. The summed E-state index contributed by atoms with van der Waals surface area (Å²) in [6.07, 6.45) is 2.77. The van der Waals surface area contributed by atoms with Crippen LogP contribution in [-0.4, -0.2) is 5.78 Å². The van der Waals surface area contributed by atoms with Crippen LogP contribution in [0.25, 0.3) is 0 Å². The number of hydrogen-bond donors (Lipinski definition) is 0. The maximum Gasteiger partial charge on any atom is 0.165 e. The highest BCUT2D eigenvalue weighted by Gasteiger charge is 2.07. The number of ketones is 1. The molecule has 0 aliphatic rings. The Bertz CT molecular complexity index is 663. The van der Waals surface area contributed by atoms with Crippen LogP contribution in [0.2, 0.25) is 0 Å². The van der Waals surface area contributed by atoms with Crippen molar-refractivity contribution in [2.24, 2.45) is 0 Å². The summed E-state index contributed by atoms with van der Waals surface area (Å²) in [6, 6.07) is 9.93. The van der Waals surface area contributed by atoms with Gasteiger partial charge in [0, 0.05) is 18.1 Å². The Morgan fingerprint density at radius 1 is 1.14 bits per heavy atom. The smallest absolute Gasteiger partial charge is 0.165 e. The zero-order chi connectivity index (χ0) is 15.9. The number of Topliss-reactive ketones (excluding diaryl/α,β-unsaturated/α-hetero) is 1. The van der Waals surface area contributed by atoms with Crippen LogP contribution in [0.3, 0.4) is 0 Å². The molecule has 0 aliphatic carbocycles. The molecule has 0 N–H and O–H groups in total. The van der Waals surface area contributed by atoms with E-state index in [0.717, 1.165) is 23.8 Å². The first kappa shape index (κ1) is 15.9. The molecule has 2 aromatic carbocycles. The molecule has 2 rings (SSSR count). The van der Waals surface area contributed by atoms with Gasteiger partial charge in [-0.3, -0.25) is 4.79 Å². The van der Waals surface area contributed by atoms with Crippen molar-refractivity contribution in [3.05, 3.63) is 77.9 Å². The van der Waals surface area contributed by atoms with Gasteiger partial charge in [0.25, 0.3) is 0 Å². The van der Waals surface area contributed by atoms with Gasteiger partial charge in [-0.2, -0.15) is 0 Å². The molecule has 22 heavy (non-hydrogen) atoms. The molecule has 0 saturated carbocycles. The van der Waals surface area contributed by atoms with Crippen molar-refractivity contribution in [3.63, 3.8) is 0 Å². The van der Waals surface area contributed by atoms with Crippen molar-refractivity contribution in [2.75, 3.05) is 0 Å². The number of ether oxygens (including phenoxy) is 1. The molecule has 2 aromatic rings. The SMILES string of the molecule is C=CCCC(=O)c1ccc(COc2cc(F)ccc2F)cc1. The average Bonchev–Trinajstić information content (AvgIpc) is 2.54. The quantitative estimate of drug-likeness (QED) is 0.548. The van der Waals surface area contributed by atoms with Crippen LogP contribution in [0.5, 0.6) is 5.75 Å². The molecule has 0 unspecified atom stereocenters. The fraction of sp³-hybridized carbons (Fsp3) is 0.167. The highest BCUT2D eigenvalue weighted by molar-refractivity contribution is 5.96. The summed E-state index contributed by atoms with van der Waals surface area (Å²) in [7, 11) is 0. The van der Waals surface area contributed by atoms with E-state index in [1.807, 2.05) is 0 Å². The van der Waals surface area contributed by atoms with Gasteiger partial charge in [0.15, 0.2) is 17.3 Å². The third kappa shape index (κ3) is 4.25. The highest BCUT2D eigenvalue weighted by atomic mass is 19.1. The second kappa shape index (κ2) is 7.50. The summed E-state index contributed by atoms with van der Waals surface area (Å²) < 4.78 is 31.7. The molecule has 114 valence electrons. The minimum Gasteiger partial charge on any atom is -0.486 e. The van der Waals surface area contributed by atoms with Gasteiger partial charge < -0.3 is 4.74 Å². The van der Waals surface area contributed by atoms with Crippen LogP contribution < -0.4 is 4.74 Å². The standard InChI is InChI=1S/C18H16F2O2/c1-2-3-4-17(21)14-7-5-13(6-8-14)12-22-18-11-15(19)9-10-16(18)20/h2,5-11H,1,3-4,12H2. The number of carbonyl (C=O) groups is 1. The van der Waals surface area contributed by atoms with E-state index in [2.05, 4.69) is 6.58 Å². The van der Waals surface area contributed by atoms with Crippen LogP contribution in [0.1, 0.15) is 28.8 Å². The highest BCUT2D eigenvalue weighted by Crippen LogP contribution is 2.19. The Morgan fingerprint density at radius 3 is 2.55 bits per heavy atom. The molecule has 0 spiro atoms. The molecule has 0 amide bonds. The van der Waals surface area contributed by atoms with Crippen LogP contribution in [-0.2, 0) is 6.61 Å². The number of carbonyl (C=O) groups excluding carboxylic acids is 1. The monoisotopic (exact) mass is 302 g/mol. The van der Waals surface area contributed by atoms with Gasteiger partial charge >= 0.3 is 0 Å². The van der Waals surface area contributed by atoms with E-state index in [1.54, 1.807) is 30.3 Å². The number of rotatable bonds is 7. The Labute approximate surface area is 128 Å². The lowest BCUT2D eigenvalue weighted by Crippen LogP contribution is -2.01. The van der Waals surface area contributed by atoms with Crippen LogP contribution in [0.15, 0.2) is 55.1 Å². The van der Waals surface area contributed by atoms with E-state index in [4.69, 9.17) is 4.74 Å². The van der Waals surface area contributed by atoms with Gasteiger partial charge in [-0.1, -0.05) is 30.3 Å². The van der Waals surface area contributed by atoms with Gasteiger partial charge in [0.05, 0.1) is 0 Å². The molecular formula is C18H16F2O2. The van der Waals surface area contributed by atoms with E-state index in [9.17, 15) is 13.6 Å². The second-order valence-corrected chi connectivity index (χ2v) is 4.81. The lowest BCUT2D eigenvalue weighted by molar-refractivity contribution is 0.0983. The van der Waals surface area contributed by atoms with Crippen LogP contribution in [0.4, 0.5) is 8.78 Å². The molecule has 0 bridgehead atoms. The van der Waals surface area contributed by atoms with Crippen molar-refractivity contribution in [1.82, 2.24) is 0 Å². The molecule has 0 heterocycles. The van der Waals surface area contributed by atoms with Gasteiger partial charge in [0.2, 0.25) is 0 Å². The van der Waals surface area contributed by atoms with Crippen molar-refractivity contribution >= 4 is 5.78 Å². The van der Waals surface area contributed by atoms with E-state index in [-0.39, 0.29) is 18.1 Å². The average molecular weight is 302 g/mol. The Morgan fingerprint density at radius 2 is 1.86 bits per heavy atom. The Kier molecular flexibility index (Phi) is 5.42. The molecule has 2 nitrogen and oxygen atoms in total. The summed E-state index contributed by atoms with van der Waals surface area (Å²) in [6.45, 7) is 3.68. The van der Waals surface area contributed by atoms with E-state index >= 15 is 0 Å². The fourth-order valence-corrected chi connectivity index (χ4v) is 1.91. The summed E-state index contributed by atoms with van der Waals surface area (Å²) >= 11 is 0. The van der Waals surface area contributed by atoms with E-state index < -0.39 is 11.6 Å². The first-order valence-corrected chi connectivity index (χ1v) is 6.91. The van der Waals surface area contributed by atoms with Gasteiger partial charge in [0.1, 0.15) is 12.4 Å². The van der Waals surface area contributed by atoms with Crippen LogP contribution in [0, 0.1) is 11.6 Å². The predicted molar refractivity (Wildman–Crippen MR) is 80.9 cm³/mol. The number of halogens is 2. The zero-order valence-electron chi connectivity index (χ0n) is 12.0. The van der Waals surface area contributed by atoms with Crippen molar-refractivity contribution < 1.29 is 18.3 Å². The third-order valence-corrected chi connectivity index (χ3v) is 3.14. The molecule has 0 fully saturated rings. The third-order valence-electron chi connectivity index (χ3n) is 3.14. The van der Waals surface area contributed by atoms with Gasteiger partial charge in [-0.25, -0.2) is 8.78 Å². The van der Waals surface area contributed by atoms with Crippen molar-refractivity contribution in [1.29, 1.82) is 0 Å². The molecule has 0 saturated heterocycles. The maximum absolute atomic E-state index is 13.4. The fourth-order valence-electron chi connectivity index (χ4n) is 1.91. The molecule has 0 radical (unpaired) electrons. The normalized spacial score (nSPS) is 10.3. The topological polar surface area (TPSA) is 26.3 Å². The molecular weight excluding hydrogens is 286 g/mol. The number of hydrogen-bond acceptors (Lipinski definition) is 2. The first-order valence-electron chi connectivity index (χ1n) is 6.91. The lowest BCUT2D eigenvalue weighted by Gasteiger charge is -2.08. The molecule has 4 heteroatoms. The maximum atomic E-state index is 13.4. The molecule has 0 atom stereocenters. The summed E-state index contributed by atoms with van der Waals surface area (Å²) in [5, 5.41) is 0. The lowest BCUT2D eigenvalue weighted by atomic mass is 10.1. The Hall–Kier alpha value is -2.49. The first-order chi connectivity index (χ1) is 10.6. The van der Waals surface area contributed by atoms with Gasteiger partial charge in [-0.15, -0.1) is 6.58 Å². The van der Waals surface area contributed by atoms with E-state index in [1.165, 1.54) is 0 Å². The van der Waals surface area contributed by atoms with E-state index in [0.29, 0.717) is 18.4 Å². The predicted octanol–water partition coefficient (Wildman–Crippen LogP) is 4.69. The van der Waals surface area contributed by atoms with Crippen LogP contribution >= 0.6 is 0 Å². The summed E-state index contributed by atoms with van der Waals surface area (Å²) in [5.41, 5.74) is 1.38. The Balaban J connectivity index is 1.98. The molecule has 0 aliphatic heterocycles. The van der Waals surface area contributed by atoms with Gasteiger partial charge in [-0.05, 0) is 24.1 Å².